The van der Waals surface area contributed by atoms with Crippen molar-refractivity contribution in [3.8, 4) is 0 Å². The molecule has 0 aromatic heterocycles. The number of rotatable bonds is 3. The molecule has 0 aliphatic rings. The molecule has 0 bridgehead atoms. The topological polar surface area (TPSA) is 55.1 Å². The molecule has 4 heteroatoms. The summed E-state index contributed by atoms with van der Waals surface area (Å²) in [5.74, 6) is -0.159. The summed E-state index contributed by atoms with van der Waals surface area (Å²) in [6, 6.07) is 14.8. The Labute approximate surface area is 114 Å². The largest absolute Gasteiger partial charge is 0.398 e. The van der Waals surface area contributed by atoms with Crippen LogP contribution < -0.4 is 11.1 Å². The van der Waals surface area contributed by atoms with Gasteiger partial charge in [0, 0.05) is 16.7 Å². The van der Waals surface area contributed by atoms with Crippen molar-refractivity contribution in [2.75, 3.05) is 5.73 Å². The van der Waals surface area contributed by atoms with Crippen molar-refractivity contribution < 1.29 is 4.79 Å². The number of halogens is 1. The summed E-state index contributed by atoms with van der Waals surface area (Å²) in [4.78, 5) is 11.9. The predicted molar refractivity (Wildman–Crippen MR) is 76.2 cm³/mol. The Morgan fingerprint density at radius 2 is 1.94 bits per heavy atom. The van der Waals surface area contributed by atoms with Crippen LogP contribution in [0, 0.1) is 0 Å². The van der Waals surface area contributed by atoms with Crippen molar-refractivity contribution in [2.45, 2.75) is 6.54 Å². The number of hydrogen-bond acceptors (Lipinski definition) is 2. The van der Waals surface area contributed by atoms with Crippen LogP contribution in [0.2, 0.25) is 0 Å². The van der Waals surface area contributed by atoms with Gasteiger partial charge in [0.05, 0.1) is 5.56 Å². The van der Waals surface area contributed by atoms with E-state index in [1.165, 1.54) is 0 Å². The fourth-order valence-electron chi connectivity index (χ4n) is 1.63. The fourth-order valence-corrected chi connectivity index (χ4v) is 2.07. The average molecular weight is 305 g/mol. The number of para-hydroxylation sites is 1. The van der Waals surface area contributed by atoms with E-state index in [-0.39, 0.29) is 5.91 Å². The van der Waals surface area contributed by atoms with Crippen molar-refractivity contribution in [1.29, 1.82) is 0 Å². The van der Waals surface area contributed by atoms with Gasteiger partial charge in [-0.25, -0.2) is 0 Å². The predicted octanol–water partition coefficient (Wildman–Crippen LogP) is 2.96. The number of amides is 1. The van der Waals surface area contributed by atoms with E-state index in [4.69, 9.17) is 5.73 Å². The van der Waals surface area contributed by atoms with Crippen molar-refractivity contribution in [3.63, 3.8) is 0 Å². The quantitative estimate of drug-likeness (QED) is 0.857. The normalized spacial score (nSPS) is 10.1. The van der Waals surface area contributed by atoms with Gasteiger partial charge >= 0.3 is 0 Å². The molecule has 2 aromatic rings. The minimum Gasteiger partial charge on any atom is -0.398 e. The highest BCUT2D eigenvalue weighted by Crippen LogP contribution is 2.13. The molecule has 0 aliphatic heterocycles. The number of benzene rings is 2. The van der Waals surface area contributed by atoms with E-state index in [1.807, 2.05) is 24.3 Å². The number of nitrogens with one attached hydrogen (secondary N) is 1. The van der Waals surface area contributed by atoms with Crippen molar-refractivity contribution >= 4 is 27.5 Å². The van der Waals surface area contributed by atoms with Gasteiger partial charge in [-0.05, 0) is 29.8 Å². The molecule has 0 unspecified atom stereocenters. The third kappa shape index (κ3) is 3.11. The standard InChI is InChI=1S/C14H13BrN2O/c15-11-5-3-4-10(8-11)9-17-14(18)12-6-1-2-7-13(12)16/h1-8H,9,16H2,(H,17,18). The van der Waals surface area contributed by atoms with Crippen LogP contribution in [-0.2, 0) is 6.54 Å². The number of carbonyl (C=O) groups is 1. The first-order chi connectivity index (χ1) is 8.66. The summed E-state index contributed by atoms with van der Waals surface area (Å²) in [5, 5.41) is 2.84. The first kappa shape index (κ1) is 12.6. The third-order valence-electron chi connectivity index (χ3n) is 2.55. The van der Waals surface area contributed by atoms with Crippen LogP contribution in [0.4, 0.5) is 5.69 Å². The minimum atomic E-state index is -0.159. The lowest BCUT2D eigenvalue weighted by molar-refractivity contribution is 0.0952. The molecule has 0 atom stereocenters. The summed E-state index contributed by atoms with van der Waals surface area (Å²) in [6.07, 6.45) is 0. The van der Waals surface area contributed by atoms with Crippen LogP contribution in [0.1, 0.15) is 15.9 Å². The second-order valence-electron chi connectivity index (χ2n) is 3.90. The Morgan fingerprint density at radius 1 is 1.17 bits per heavy atom. The lowest BCUT2D eigenvalue weighted by Gasteiger charge is -2.07. The summed E-state index contributed by atoms with van der Waals surface area (Å²) in [7, 11) is 0. The molecule has 0 fully saturated rings. The molecule has 92 valence electrons. The maximum Gasteiger partial charge on any atom is 0.253 e. The van der Waals surface area contributed by atoms with Crippen LogP contribution in [0.25, 0.3) is 0 Å². The van der Waals surface area contributed by atoms with Gasteiger partial charge in [-0.15, -0.1) is 0 Å². The van der Waals surface area contributed by atoms with E-state index < -0.39 is 0 Å². The molecule has 0 radical (unpaired) electrons. The van der Waals surface area contributed by atoms with Crippen LogP contribution in [0.3, 0.4) is 0 Å². The smallest absolute Gasteiger partial charge is 0.253 e. The zero-order valence-electron chi connectivity index (χ0n) is 9.69. The molecule has 3 nitrogen and oxygen atoms in total. The lowest BCUT2D eigenvalue weighted by Crippen LogP contribution is -2.23. The monoisotopic (exact) mass is 304 g/mol. The van der Waals surface area contributed by atoms with Crippen LogP contribution >= 0.6 is 15.9 Å². The zero-order valence-corrected chi connectivity index (χ0v) is 11.3. The minimum absolute atomic E-state index is 0.159. The Balaban J connectivity index is 2.03. The van der Waals surface area contributed by atoms with Gasteiger partial charge in [-0.2, -0.15) is 0 Å². The van der Waals surface area contributed by atoms with Gasteiger partial charge in [0.15, 0.2) is 0 Å². The first-order valence-corrected chi connectivity index (χ1v) is 6.33. The molecule has 0 spiro atoms. The molecule has 0 saturated carbocycles. The van der Waals surface area contributed by atoms with Crippen LogP contribution in [-0.4, -0.2) is 5.91 Å². The van der Waals surface area contributed by atoms with E-state index in [2.05, 4.69) is 21.2 Å². The highest BCUT2D eigenvalue weighted by molar-refractivity contribution is 9.10. The average Bonchev–Trinajstić information content (AvgIpc) is 2.37. The molecule has 18 heavy (non-hydrogen) atoms. The molecule has 0 aliphatic carbocycles. The lowest BCUT2D eigenvalue weighted by atomic mass is 10.1. The van der Waals surface area contributed by atoms with Gasteiger partial charge in [0.2, 0.25) is 0 Å². The Morgan fingerprint density at radius 3 is 2.67 bits per heavy atom. The molecule has 0 heterocycles. The molecule has 2 rings (SSSR count). The second-order valence-corrected chi connectivity index (χ2v) is 4.82. The van der Waals surface area contributed by atoms with Gasteiger partial charge in [0.1, 0.15) is 0 Å². The van der Waals surface area contributed by atoms with E-state index in [9.17, 15) is 4.79 Å². The van der Waals surface area contributed by atoms with Crippen LogP contribution in [0.5, 0.6) is 0 Å². The molecule has 0 saturated heterocycles. The van der Waals surface area contributed by atoms with Crippen molar-refractivity contribution in [1.82, 2.24) is 5.32 Å². The van der Waals surface area contributed by atoms with Gasteiger partial charge in [-0.1, -0.05) is 40.2 Å². The molecular formula is C14H13BrN2O. The third-order valence-corrected chi connectivity index (χ3v) is 3.04. The van der Waals surface area contributed by atoms with Gasteiger partial charge < -0.3 is 11.1 Å². The summed E-state index contributed by atoms with van der Waals surface area (Å²) >= 11 is 3.39. The highest BCUT2D eigenvalue weighted by atomic mass is 79.9. The van der Waals surface area contributed by atoms with Crippen molar-refractivity contribution in [3.05, 3.63) is 64.1 Å². The highest BCUT2D eigenvalue weighted by Gasteiger charge is 2.07. The van der Waals surface area contributed by atoms with Gasteiger partial charge in [-0.3, -0.25) is 4.79 Å². The first-order valence-electron chi connectivity index (χ1n) is 5.54. The Bertz CT molecular complexity index is 569. The molecular weight excluding hydrogens is 292 g/mol. The maximum absolute atomic E-state index is 11.9. The van der Waals surface area contributed by atoms with Crippen molar-refractivity contribution in [2.24, 2.45) is 0 Å². The Hall–Kier alpha value is -1.81. The number of carbonyl (C=O) groups excluding carboxylic acids is 1. The number of nitrogens with two attached hydrogens (primary N) is 1. The summed E-state index contributed by atoms with van der Waals surface area (Å²) < 4.78 is 0.994. The van der Waals surface area contributed by atoms with E-state index >= 15 is 0 Å². The zero-order chi connectivity index (χ0) is 13.0. The van der Waals surface area contributed by atoms with Crippen LogP contribution in [0.15, 0.2) is 53.0 Å². The molecule has 2 aromatic carbocycles. The molecule has 3 N–H and O–H groups in total. The second kappa shape index (κ2) is 5.69. The van der Waals surface area contributed by atoms with E-state index in [1.54, 1.807) is 24.3 Å². The SMILES string of the molecule is Nc1ccccc1C(=O)NCc1cccc(Br)c1. The Kier molecular flexibility index (Phi) is 3.99. The number of nitrogen functional groups attached to an aromatic ring is 1. The summed E-state index contributed by atoms with van der Waals surface area (Å²) in [6.45, 7) is 0.479. The molecule has 1 amide bonds. The van der Waals surface area contributed by atoms with E-state index in [0.717, 1.165) is 10.0 Å². The van der Waals surface area contributed by atoms with E-state index in [0.29, 0.717) is 17.8 Å². The number of anilines is 1. The maximum atomic E-state index is 11.9. The number of hydrogen-bond donors (Lipinski definition) is 2. The van der Waals surface area contributed by atoms with Gasteiger partial charge in [0.25, 0.3) is 5.91 Å². The fraction of sp³-hybridized carbons (Fsp3) is 0.0714. The summed E-state index contributed by atoms with van der Waals surface area (Å²) in [5.41, 5.74) is 7.78.